The molecule has 0 radical (unpaired) electrons. The molecule has 5 heteroatoms. The number of hydrogen-bond acceptors (Lipinski definition) is 4. The lowest BCUT2D eigenvalue weighted by atomic mass is 9.93. The molecule has 4 nitrogen and oxygen atoms in total. The van der Waals surface area contributed by atoms with Gasteiger partial charge in [0.15, 0.2) is 0 Å². The Morgan fingerprint density at radius 2 is 2.17 bits per heavy atom. The van der Waals surface area contributed by atoms with Crippen molar-refractivity contribution in [2.45, 2.75) is 51.7 Å². The molecule has 1 aliphatic carbocycles. The normalized spacial score (nSPS) is 22.7. The number of amides is 1. The molecule has 1 unspecified atom stereocenters. The highest BCUT2D eigenvalue weighted by Crippen LogP contribution is 2.56. The zero-order valence-electron chi connectivity index (χ0n) is 14.5. The summed E-state index contributed by atoms with van der Waals surface area (Å²) in [5.74, 6) is 0.285. The molecule has 1 saturated heterocycles. The van der Waals surface area contributed by atoms with Gasteiger partial charge in [0.05, 0.1) is 6.54 Å². The zero-order valence-corrected chi connectivity index (χ0v) is 15.4. The van der Waals surface area contributed by atoms with E-state index in [-0.39, 0.29) is 5.91 Å². The van der Waals surface area contributed by atoms with Crippen LogP contribution in [-0.2, 0) is 11.3 Å². The first kappa shape index (κ1) is 16.9. The Balaban J connectivity index is 1.70. The maximum atomic E-state index is 13.0. The van der Waals surface area contributed by atoms with Crippen LogP contribution in [-0.4, -0.2) is 54.5 Å². The fourth-order valence-corrected chi connectivity index (χ4v) is 4.33. The fourth-order valence-electron chi connectivity index (χ4n) is 3.67. The summed E-state index contributed by atoms with van der Waals surface area (Å²) >= 11 is 1.71. The van der Waals surface area contributed by atoms with E-state index in [1.165, 1.54) is 24.8 Å². The molecule has 128 valence electrons. The third-order valence-electron chi connectivity index (χ3n) is 5.64. The van der Waals surface area contributed by atoms with Crippen LogP contribution < -0.4 is 5.32 Å². The van der Waals surface area contributed by atoms with Crippen molar-refractivity contribution in [3.8, 4) is 0 Å². The van der Waals surface area contributed by atoms with Gasteiger partial charge in [-0.1, -0.05) is 0 Å². The van der Waals surface area contributed by atoms with Crippen LogP contribution in [0.5, 0.6) is 0 Å². The van der Waals surface area contributed by atoms with Gasteiger partial charge in [0.25, 0.3) is 0 Å². The third kappa shape index (κ3) is 3.78. The summed E-state index contributed by atoms with van der Waals surface area (Å²) < 4.78 is 0. The summed E-state index contributed by atoms with van der Waals surface area (Å²) in [7, 11) is 2.04. The summed E-state index contributed by atoms with van der Waals surface area (Å²) in [4.78, 5) is 17.3. The summed E-state index contributed by atoms with van der Waals surface area (Å²) in [6.07, 6.45) is 3.62. The van der Waals surface area contributed by atoms with Gasteiger partial charge in [-0.3, -0.25) is 9.69 Å². The highest BCUT2D eigenvalue weighted by atomic mass is 32.1. The van der Waals surface area contributed by atoms with E-state index in [0.717, 1.165) is 19.6 Å². The lowest BCUT2D eigenvalue weighted by Gasteiger charge is -2.31. The Kier molecular flexibility index (Phi) is 5.09. The SMILES string of the molecule is CC(C)N(C)CC(=O)N(Cc1ccsc1)C1CC12CCNCC2. The second-order valence-corrected chi connectivity index (χ2v) is 8.27. The molecule has 1 aromatic heterocycles. The molecule has 1 atom stereocenters. The summed E-state index contributed by atoms with van der Waals surface area (Å²) in [5.41, 5.74) is 1.67. The molecule has 1 spiro atoms. The van der Waals surface area contributed by atoms with Crippen LogP contribution in [0.1, 0.15) is 38.7 Å². The summed E-state index contributed by atoms with van der Waals surface area (Å²) in [5, 5.41) is 7.72. The first-order chi connectivity index (χ1) is 11.0. The van der Waals surface area contributed by atoms with Crippen LogP contribution >= 0.6 is 11.3 Å². The van der Waals surface area contributed by atoms with E-state index in [1.54, 1.807) is 11.3 Å². The van der Waals surface area contributed by atoms with Gasteiger partial charge < -0.3 is 10.2 Å². The van der Waals surface area contributed by atoms with E-state index >= 15 is 0 Å². The van der Waals surface area contributed by atoms with Crippen LogP contribution in [0, 0.1) is 5.41 Å². The first-order valence-electron chi connectivity index (χ1n) is 8.73. The maximum absolute atomic E-state index is 13.0. The monoisotopic (exact) mass is 335 g/mol. The van der Waals surface area contributed by atoms with Crippen molar-refractivity contribution in [2.75, 3.05) is 26.7 Å². The largest absolute Gasteiger partial charge is 0.334 e. The molecule has 2 aliphatic rings. The number of piperidine rings is 1. The van der Waals surface area contributed by atoms with Crippen LogP contribution in [0.2, 0.25) is 0 Å². The number of carbonyl (C=O) groups is 1. The van der Waals surface area contributed by atoms with Crippen molar-refractivity contribution in [1.82, 2.24) is 15.1 Å². The number of nitrogens with zero attached hydrogens (tertiary/aromatic N) is 2. The van der Waals surface area contributed by atoms with Crippen molar-refractivity contribution in [2.24, 2.45) is 5.41 Å². The van der Waals surface area contributed by atoms with Crippen LogP contribution in [0.3, 0.4) is 0 Å². The van der Waals surface area contributed by atoms with Gasteiger partial charge in [-0.25, -0.2) is 0 Å². The number of rotatable bonds is 6. The lowest BCUT2D eigenvalue weighted by Crippen LogP contribution is -2.44. The van der Waals surface area contributed by atoms with E-state index in [4.69, 9.17) is 0 Å². The van der Waals surface area contributed by atoms with Crippen molar-refractivity contribution in [1.29, 1.82) is 0 Å². The molecule has 1 amide bonds. The number of likely N-dealkylation sites (N-methyl/N-ethyl adjacent to an activating group) is 1. The van der Waals surface area contributed by atoms with Crippen LogP contribution in [0.25, 0.3) is 0 Å². The van der Waals surface area contributed by atoms with E-state index in [9.17, 15) is 4.79 Å². The van der Waals surface area contributed by atoms with E-state index in [0.29, 0.717) is 24.0 Å². The summed E-state index contributed by atoms with van der Waals surface area (Å²) in [6, 6.07) is 2.99. The number of thiophene rings is 1. The minimum absolute atomic E-state index is 0.285. The van der Waals surface area contributed by atoms with Gasteiger partial charge in [-0.05, 0) is 81.1 Å². The quantitative estimate of drug-likeness (QED) is 0.868. The Hall–Kier alpha value is -0.910. The van der Waals surface area contributed by atoms with Crippen LogP contribution in [0.4, 0.5) is 0 Å². The Morgan fingerprint density at radius 3 is 2.78 bits per heavy atom. The fraction of sp³-hybridized carbons (Fsp3) is 0.722. The predicted molar refractivity (Wildman–Crippen MR) is 95.6 cm³/mol. The Morgan fingerprint density at radius 1 is 1.43 bits per heavy atom. The molecule has 23 heavy (non-hydrogen) atoms. The molecule has 1 aromatic rings. The minimum Gasteiger partial charge on any atom is -0.334 e. The smallest absolute Gasteiger partial charge is 0.237 e. The highest BCUT2D eigenvalue weighted by molar-refractivity contribution is 7.07. The Bertz CT molecular complexity index is 522. The van der Waals surface area contributed by atoms with Crippen molar-refractivity contribution in [3.63, 3.8) is 0 Å². The minimum atomic E-state index is 0.285. The molecule has 0 bridgehead atoms. The second kappa shape index (κ2) is 6.91. The maximum Gasteiger partial charge on any atom is 0.237 e. The van der Waals surface area contributed by atoms with Crippen LogP contribution in [0.15, 0.2) is 16.8 Å². The number of nitrogens with one attached hydrogen (secondary N) is 1. The summed E-state index contributed by atoms with van der Waals surface area (Å²) in [6.45, 7) is 7.77. The van der Waals surface area contributed by atoms with Gasteiger partial charge in [0.1, 0.15) is 0 Å². The standard InChI is InChI=1S/C18H29N3OS/c1-14(2)20(3)12-17(22)21(11-15-4-9-23-13-15)16-10-18(16)5-7-19-8-6-18/h4,9,13-14,16,19H,5-8,10-12H2,1-3H3. The molecular weight excluding hydrogens is 306 g/mol. The van der Waals surface area contributed by atoms with Gasteiger partial charge >= 0.3 is 0 Å². The molecule has 2 fully saturated rings. The molecule has 2 heterocycles. The average molecular weight is 336 g/mol. The third-order valence-corrected chi connectivity index (χ3v) is 6.37. The molecule has 3 rings (SSSR count). The number of carbonyl (C=O) groups excluding carboxylic acids is 1. The van der Waals surface area contributed by atoms with Crippen molar-refractivity contribution >= 4 is 17.2 Å². The molecule has 1 N–H and O–H groups in total. The molecule has 0 aromatic carbocycles. The van der Waals surface area contributed by atoms with Gasteiger partial charge in [-0.2, -0.15) is 11.3 Å². The van der Waals surface area contributed by atoms with E-state index in [2.05, 4.69) is 45.8 Å². The lowest BCUT2D eigenvalue weighted by molar-refractivity contribution is -0.134. The topological polar surface area (TPSA) is 35.6 Å². The number of hydrogen-bond donors (Lipinski definition) is 1. The van der Waals surface area contributed by atoms with Crippen molar-refractivity contribution in [3.05, 3.63) is 22.4 Å². The van der Waals surface area contributed by atoms with Gasteiger partial charge in [0.2, 0.25) is 5.91 Å². The Labute approximate surface area is 143 Å². The molecular formula is C18H29N3OS. The second-order valence-electron chi connectivity index (χ2n) is 7.49. The van der Waals surface area contributed by atoms with E-state index < -0.39 is 0 Å². The average Bonchev–Trinajstić information content (AvgIpc) is 2.97. The van der Waals surface area contributed by atoms with Crippen molar-refractivity contribution < 1.29 is 4.79 Å². The molecule has 1 saturated carbocycles. The van der Waals surface area contributed by atoms with Gasteiger partial charge in [-0.15, -0.1) is 0 Å². The zero-order chi connectivity index (χ0) is 16.4. The predicted octanol–water partition coefficient (Wildman–Crippen LogP) is 2.56. The van der Waals surface area contributed by atoms with Gasteiger partial charge in [0, 0.05) is 18.6 Å². The molecule has 1 aliphatic heterocycles. The highest BCUT2D eigenvalue weighted by Gasteiger charge is 2.57. The first-order valence-corrected chi connectivity index (χ1v) is 9.68. The van der Waals surface area contributed by atoms with E-state index in [1.807, 2.05) is 7.05 Å².